The molecule has 5 nitrogen and oxygen atoms in total. The van der Waals surface area contributed by atoms with E-state index >= 15 is 0 Å². The highest BCUT2D eigenvalue weighted by atomic mass is 16.5. The normalized spacial score (nSPS) is 14.7. The van der Waals surface area contributed by atoms with Gasteiger partial charge in [-0.2, -0.15) is 0 Å². The first-order valence-electron chi connectivity index (χ1n) is 5.18. The summed E-state index contributed by atoms with van der Waals surface area (Å²) < 4.78 is 10.3. The lowest BCUT2D eigenvalue weighted by Gasteiger charge is -2.18. The molecule has 0 rings (SSSR count). The van der Waals surface area contributed by atoms with Crippen LogP contribution in [0.4, 0.5) is 0 Å². The van der Waals surface area contributed by atoms with Crippen molar-refractivity contribution >= 4 is 5.91 Å². The lowest BCUT2D eigenvalue weighted by Crippen LogP contribution is -2.39. The number of rotatable bonds is 8. The van der Waals surface area contributed by atoms with Crippen molar-refractivity contribution in [3.63, 3.8) is 0 Å². The van der Waals surface area contributed by atoms with Gasteiger partial charge in [0.25, 0.3) is 0 Å². The van der Waals surface area contributed by atoms with Crippen molar-refractivity contribution in [3.05, 3.63) is 0 Å². The number of nitrogens with one attached hydrogen (secondary N) is 2. The van der Waals surface area contributed by atoms with E-state index in [0.29, 0.717) is 13.2 Å². The fourth-order valence-electron chi connectivity index (χ4n) is 1.17. The molecule has 0 radical (unpaired) electrons. The number of methoxy groups -OCH3 is 1. The Kier molecular flexibility index (Phi) is 8.27. The Morgan fingerprint density at radius 1 is 1.40 bits per heavy atom. The summed E-state index contributed by atoms with van der Waals surface area (Å²) in [4.78, 5) is 11.4. The molecule has 0 saturated heterocycles. The number of hydrogen-bond donors (Lipinski definition) is 2. The number of ether oxygens (including phenoxy) is 2. The highest BCUT2D eigenvalue weighted by molar-refractivity contribution is 5.80. The van der Waals surface area contributed by atoms with Gasteiger partial charge in [-0.25, -0.2) is 0 Å². The Morgan fingerprint density at radius 2 is 2.07 bits per heavy atom. The molecule has 0 heterocycles. The van der Waals surface area contributed by atoms with Crippen LogP contribution in [0.5, 0.6) is 0 Å². The van der Waals surface area contributed by atoms with Crippen LogP contribution < -0.4 is 10.6 Å². The summed E-state index contributed by atoms with van der Waals surface area (Å²) >= 11 is 0. The van der Waals surface area contributed by atoms with Gasteiger partial charge < -0.3 is 20.1 Å². The molecule has 90 valence electrons. The van der Waals surface area contributed by atoms with E-state index in [-0.39, 0.29) is 12.0 Å². The van der Waals surface area contributed by atoms with E-state index in [4.69, 9.17) is 9.47 Å². The zero-order valence-corrected chi connectivity index (χ0v) is 10.0. The van der Waals surface area contributed by atoms with Gasteiger partial charge in [-0.3, -0.25) is 4.79 Å². The highest BCUT2D eigenvalue weighted by Gasteiger charge is 2.15. The second-order valence-corrected chi connectivity index (χ2v) is 3.43. The molecule has 15 heavy (non-hydrogen) atoms. The van der Waals surface area contributed by atoms with Gasteiger partial charge in [0.1, 0.15) is 6.10 Å². The van der Waals surface area contributed by atoms with Crippen molar-refractivity contribution < 1.29 is 14.3 Å². The van der Waals surface area contributed by atoms with Crippen LogP contribution >= 0.6 is 0 Å². The standard InChI is InChI=1S/C10H22N2O3/c1-8(7-11-3)15-9(2)10(13)12-5-6-14-4/h8-9,11H,5-7H2,1-4H3,(H,12,13). The summed E-state index contributed by atoms with van der Waals surface area (Å²) in [6.45, 7) is 5.44. The van der Waals surface area contributed by atoms with Gasteiger partial charge in [0, 0.05) is 20.2 Å². The van der Waals surface area contributed by atoms with Gasteiger partial charge in [-0.15, -0.1) is 0 Å². The maximum atomic E-state index is 11.4. The lowest BCUT2D eigenvalue weighted by molar-refractivity contribution is -0.134. The molecule has 0 aliphatic rings. The first-order valence-corrected chi connectivity index (χ1v) is 5.18. The molecule has 0 bridgehead atoms. The van der Waals surface area contributed by atoms with Crippen molar-refractivity contribution in [2.45, 2.75) is 26.1 Å². The summed E-state index contributed by atoms with van der Waals surface area (Å²) in [5.41, 5.74) is 0. The molecule has 1 amide bonds. The van der Waals surface area contributed by atoms with Crippen molar-refractivity contribution in [1.29, 1.82) is 0 Å². The highest BCUT2D eigenvalue weighted by Crippen LogP contribution is 1.97. The molecule has 0 aliphatic heterocycles. The molecule has 0 aromatic heterocycles. The van der Waals surface area contributed by atoms with Crippen LogP contribution in [0, 0.1) is 0 Å². The maximum Gasteiger partial charge on any atom is 0.248 e. The molecule has 0 fully saturated rings. The second kappa shape index (κ2) is 8.64. The Hall–Kier alpha value is -0.650. The topological polar surface area (TPSA) is 59.6 Å². The van der Waals surface area contributed by atoms with Crippen LogP contribution in [0.25, 0.3) is 0 Å². The predicted molar refractivity (Wildman–Crippen MR) is 58.8 cm³/mol. The molecule has 0 saturated carbocycles. The molecule has 0 aromatic rings. The van der Waals surface area contributed by atoms with E-state index < -0.39 is 6.10 Å². The van der Waals surface area contributed by atoms with Crippen LogP contribution in [-0.4, -0.2) is 52.0 Å². The zero-order valence-electron chi connectivity index (χ0n) is 10.0. The molecule has 2 atom stereocenters. The summed E-state index contributed by atoms with van der Waals surface area (Å²) in [5.74, 6) is -0.102. The van der Waals surface area contributed by atoms with Gasteiger partial charge in [0.2, 0.25) is 5.91 Å². The summed E-state index contributed by atoms with van der Waals surface area (Å²) in [7, 11) is 3.45. The van der Waals surface area contributed by atoms with Crippen LogP contribution in [0.1, 0.15) is 13.8 Å². The molecule has 0 aromatic carbocycles. The third-order valence-corrected chi connectivity index (χ3v) is 1.90. The Bertz CT molecular complexity index is 176. The van der Waals surface area contributed by atoms with Crippen LogP contribution in [-0.2, 0) is 14.3 Å². The lowest BCUT2D eigenvalue weighted by atomic mass is 10.3. The molecule has 5 heteroatoms. The van der Waals surface area contributed by atoms with Crippen LogP contribution in [0.15, 0.2) is 0 Å². The number of likely N-dealkylation sites (N-methyl/N-ethyl adjacent to an activating group) is 1. The minimum atomic E-state index is -0.426. The molecular formula is C10H22N2O3. The van der Waals surface area contributed by atoms with Gasteiger partial charge in [0.05, 0.1) is 12.7 Å². The zero-order chi connectivity index (χ0) is 11.7. The first-order chi connectivity index (χ1) is 7.11. The van der Waals surface area contributed by atoms with Crippen molar-refractivity contribution in [2.24, 2.45) is 0 Å². The van der Waals surface area contributed by atoms with Gasteiger partial charge in [0.15, 0.2) is 0 Å². The van der Waals surface area contributed by atoms with Crippen molar-refractivity contribution in [1.82, 2.24) is 10.6 Å². The maximum absolute atomic E-state index is 11.4. The molecule has 2 N–H and O–H groups in total. The van der Waals surface area contributed by atoms with E-state index in [2.05, 4.69) is 10.6 Å². The van der Waals surface area contributed by atoms with Gasteiger partial charge in [-0.1, -0.05) is 0 Å². The summed E-state index contributed by atoms with van der Waals surface area (Å²) in [6.07, 6.45) is -0.400. The molecule has 0 spiro atoms. The SMILES string of the molecule is CNCC(C)OC(C)C(=O)NCCOC. The van der Waals surface area contributed by atoms with Crippen molar-refractivity contribution in [2.75, 3.05) is 33.9 Å². The summed E-state index contributed by atoms with van der Waals surface area (Å²) in [5, 5.41) is 5.71. The third kappa shape index (κ3) is 7.30. The van der Waals surface area contributed by atoms with Crippen molar-refractivity contribution in [3.8, 4) is 0 Å². The third-order valence-electron chi connectivity index (χ3n) is 1.90. The van der Waals surface area contributed by atoms with E-state index in [0.717, 1.165) is 6.54 Å². The number of carbonyl (C=O) groups excluding carboxylic acids is 1. The average Bonchev–Trinajstić information content (AvgIpc) is 2.18. The summed E-state index contributed by atoms with van der Waals surface area (Å²) in [6, 6.07) is 0. The monoisotopic (exact) mass is 218 g/mol. The Labute approximate surface area is 91.5 Å². The quantitative estimate of drug-likeness (QED) is 0.552. The van der Waals surface area contributed by atoms with E-state index in [1.54, 1.807) is 14.0 Å². The van der Waals surface area contributed by atoms with Gasteiger partial charge >= 0.3 is 0 Å². The smallest absolute Gasteiger partial charge is 0.248 e. The predicted octanol–water partition coefficient (Wildman–Crippen LogP) is -0.238. The first kappa shape index (κ1) is 14.3. The Morgan fingerprint density at radius 3 is 2.60 bits per heavy atom. The van der Waals surface area contributed by atoms with E-state index in [1.807, 2.05) is 14.0 Å². The molecular weight excluding hydrogens is 196 g/mol. The minimum absolute atomic E-state index is 0.0261. The Balaban J connectivity index is 3.68. The number of amides is 1. The van der Waals surface area contributed by atoms with Crippen LogP contribution in [0.3, 0.4) is 0 Å². The molecule has 0 aliphatic carbocycles. The van der Waals surface area contributed by atoms with E-state index in [1.165, 1.54) is 0 Å². The fraction of sp³-hybridized carbons (Fsp3) is 0.900. The second-order valence-electron chi connectivity index (χ2n) is 3.43. The number of hydrogen-bond acceptors (Lipinski definition) is 4. The van der Waals surface area contributed by atoms with E-state index in [9.17, 15) is 4.79 Å². The van der Waals surface area contributed by atoms with Crippen LogP contribution in [0.2, 0.25) is 0 Å². The molecule has 2 unspecified atom stereocenters. The number of carbonyl (C=O) groups is 1. The minimum Gasteiger partial charge on any atom is -0.383 e. The largest absolute Gasteiger partial charge is 0.383 e. The fourth-order valence-corrected chi connectivity index (χ4v) is 1.17. The van der Waals surface area contributed by atoms with Gasteiger partial charge in [-0.05, 0) is 20.9 Å². The average molecular weight is 218 g/mol.